The Morgan fingerprint density at radius 1 is 1.35 bits per heavy atom. The smallest absolute Gasteiger partial charge is 0.157 e. The molecule has 3 nitrogen and oxygen atoms in total. The number of rotatable bonds is 6. The van der Waals surface area contributed by atoms with E-state index >= 15 is 0 Å². The van der Waals surface area contributed by atoms with Gasteiger partial charge in [-0.05, 0) is 24.0 Å². The van der Waals surface area contributed by atoms with Crippen LogP contribution in [0.5, 0.6) is 0 Å². The van der Waals surface area contributed by atoms with Gasteiger partial charge in [-0.1, -0.05) is 51.4 Å². The second-order valence-corrected chi connectivity index (χ2v) is 6.42. The molecule has 0 aromatic carbocycles. The summed E-state index contributed by atoms with van der Waals surface area (Å²) in [6.07, 6.45) is 5.39. The third kappa shape index (κ3) is 3.75. The van der Waals surface area contributed by atoms with E-state index in [9.17, 15) is 0 Å². The molecular formula is C16H25N3S. The molecule has 1 aromatic heterocycles. The summed E-state index contributed by atoms with van der Waals surface area (Å²) >= 11 is 1.91. The highest BCUT2D eigenvalue weighted by Gasteiger charge is 2.25. The summed E-state index contributed by atoms with van der Waals surface area (Å²) in [5.74, 6) is 0.782. The Morgan fingerprint density at radius 3 is 2.85 bits per heavy atom. The van der Waals surface area contributed by atoms with Crippen molar-refractivity contribution < 1.29 is 0 Å². The minimum atomic E-state index is 0.655. The number of aromatic nitrogens is 1. The number of hydrogen-bond acceptors (Lipinski definition) is 4. The number of hydrogen-bond donors (Lipinski definition) is 1. The molecule has 1 aromatic rings. The van der Waals surface area contributed by atoms with Crippen molar-refractivity contribution in [2.24, 2.45) is 10.9 Å². The molecule has 0 fully saturated rings. The van der Waals surface area contributed by atoms with Crippen LogP contribution < -0.4 is 5.32 Å². The molecule has 110 valence electrons. The Labute approximate surface area is 126 Å². The van der Waals surface area contributed by atoms with Crippen molar-refractivity contribution in [2.45, 2.75) is 51.8 Å². The van der Waals surface area contributed by atoms with Gasteiger partial charge in [-0.25, -0.2) is 0 Å². The van der Waals surface area contributed by atoms with Gasteiger partial charge in [0, 0.05) is 11.4 Å². The van der Waals surface area contributed by atoms with Gasteiger partial charge in [0.25, 0.3) is 0 Å². The third-order valence-corrected chi connectivity index (χ3v) is 5.36. The summed E-state index contributed by atoms with van der Waals surface area (Å²) in [5.41, 5.74) is 2.46. The first kappa shape index (κ1) is 15.4. The van der Waals surface area contributed by atoms with Crippen molar-refractivity contribution in [3.63, 3.8) is 0 Å². The minimum Gasteiger partial charge on any atom is -0.359 e. The molecule has 0 spiro atoms. The predicted octanol–water partition coefficient (Wildman–Crippen LogP) is 3.64. The fourth-order valence-electron chi connectivity index (χ4n) is 2.66. The summed E-state index contributed by atoms with van der Waals surface area (Å²) in [6.45, 7) is 8.47. The highest BCUT2D eigenvalue weighted by atomic mass is 32.2. The van der Waals surface area contributed by atoms with Crippen molar-refractivity contribution in [1.29, 1.82) is 0 Å². The molecule has 1 aliphatic rings. The molecule has 0 bridgehead atoms. The van der Waals surface area contributed by atoms with Crippen LogP contribution in [0, 0.1) is 5.92 Å². The monoisotopic (exact) mass is 291 g/mol. The lowest BCUT2D eigenvalue weighted by atomic mass is 9.99. The van der Waals surface area contributed by atoms with Gasteiger partial charge in [-0.2, -0.15) is 0 Å². The summed E-state index contributed by atoms with van der Waals surface area (Å²) in [4.78, 5) is 9.12. The van der Waals surface area contributed by atoms with Crippen LogP contribution in [0.3, 0.4) is 0 Å². The number of amidine groups is 1. The molecule has 20 heavy (non-hydrogen) atoms. The maximum atomic E-state index is 4.65. The first-order chi connectivity index (χ1) is 9.78. The normalized spacial score (nSPS) is 18.4. The van der Waals surface area contributed by atoms with Crippen LogP contribution in [0.1, 0.15) is 44.9 Å². The Bertz CT molecular complexity index is 455. The van der Waals surface area contributed by atoms with Crippen LogP contribution in [-0.2, 0) is 13.0 Å². The molecule has 1 aliphatic heterocycles. The van der Waals surface area contributed by atoms with Crippen LogP contribution in [0.25, 0.3) is 0 Å². The number of nitrogens with zero attached hydrogens (tertiary/aromatic N) is 2. The minimum absolute atomic E-state index is 0.655. The van der Waals surface area contributed by atoms with E-state index < -0.39 is 0 Å². The Morgan fingerprint density at radius 2 is 2.15 bits per heavy atom. The molecule has 2 rings (SSSR count). The molecule has 0 saturated heterocycles. The van der Waals surface area contributed by atoms with Crippen molar-refractivity contribution in [3.05, 3.63) is 29.6 Å². The first-order valence-electron chi connectivity index (χ1n) is 7.66. The molecule has 0 amide bonds. The first-order valence-corrected chi connectivity index (χ1v) is 8.54. The van der Waals surface area contributed by atoms with Gasteiger partial charge in [0.15, 0.2) is 5.17 Å². The van der Waals surface area contributed by atoms with E-state index in [1.54, 1.807) is 0 Å². The van der Waals surface area contributed by atoms with Crippen LogP contribution in [0.4, 0.5) is 0 Å². The molecular weight excluding hydrogens is 266 g/mol. The SMILES string of the molecule is CCc1cccnc1CNC1=NCC(C(CC)CC)S1. The van der Waals surface area contributed by atoms with Crippen molar-refractivity contribution in [1.82, 2.24) is 10.3 Å². The summed E-state index contributed by atoms with van der Waals surface area (Å²) in [6, 6.07) is 4.16. The number of aryl methyl sites for hydroxylation is 1. The summed E-state index contributed by atoms with van der Waals surface area (Å²) in [5, 5.41) is 5.20. The van der Waals surface area contributed by atoms with Gasteiger partial charge >= 0.3 is 0 Å². The van der Waals surface area contributed by atoms with E-state index in [0.717, 1.165) is 36.3 Å². The summed E-state index contributed by atoms with van der Waals surface area (Å²) < 4.78 is 0. The third-order valence-electron chi connectivity index (χ3n) is 4.02. The number of aliphatic imine (C=N–C) groups is 1. The molecule has 1 atom stereocenters. The Hall–Kier alpha value is -1.03. The highest BCUT2D eigenvalue weighted by molar-refractivity contribution is 8.14. The lowest BCUT2D eigenvalue weighted by Gasteiger charge is -2.18. The topological polar surface area (TPSA) is 37.3 Å². The lowest BCUT2D eigenvalue weighted by Crippen LogP contribution is -2.22. The predicted molar refractivity (Wildman–Crippen MR) is 88.2 cm³/mol. The molecule has 4 heteroatoms. The van der Waals surface area contributed by atoms with Crippen LogP contribution in [0.2, 0.25) is 0 Å². The van der Waals surface area contributed by atoms with E-state index in [4.69, 9.17) is 0 Å². The van der Waals surface area contributed by atoms with Gasteiger partial charge in [-0.3, -0.25) is 9.98 Å². The van der Waals surface area contributed by atoms with E-state index in [2.05, 4.69) is 42.1 Å². The fraction of sp³-hybridized carbons (Fsp3) is 0.625. The molecule has 0 aliphatic carbocycles. The second kappa shape index (κ2) is 7.67. The highest BCUT2D eigenvalue weighted by Crippen LogP contribution is 2.30. The average Bonchev–Trinajstić information content (AvgIpc) is 2.95. The maximum Gasteiger partial charge on any atom is 0.157 e. The number of nitrogens with one attached hydrogen (secondary N) is 1. The van der Waals surface area contributed by atoms with E-state index in [1.165, 1.54) is 18.4 Å². The zero-order valence-electron chi connectivity index (χ0n) is 12.7. The second-order valence-electron chi connectivity index (χ2n) is 5.20. The quantitative estimate of drug-likeness (QED) is 0.869. The Kier molecular flexibility index (Phi) is 5.89. The van der Waals surface area contributed by atoms with Crippen molar-refractivity contribution >= 4 is 16.9 Å². The van der Waals surface area contributed by atoms with Gasteiger partial charge in [0.05, 0.1) is 18.8 Å². The zero-order valence-corrected chi connectivity index (χ0v) is 13.5. The average molecular weight is 291 g/mol. The zero-order chi connectivity index (χ0) is 14.4. The molecule has 1 N–H and O–H groups in total. The Balaban J connectivity index is 1.87. The van der Waals surface area contributed by atoms with Gasteiger partial charge < -0.3 is 5.32 Å². The van der Waals surface area contributed by atoms with Crippen molar-refractivity contribution in [3.8, 4) is 0 Å². The molecule has 2 heterocycles. The molecule has 0 saturated carbocycles. The standard InChI is InChI=1S/C16H25N3S/c1-4-12(5-2)15-11-19-16(20-15)18-10-14-13(6-3)8-7-9-17-14/h7-9,12,15H,4-6,10-11H2,1-3H3,(H,18,19). The number of pyridine rings is 1. The largest absolute Gasteiger partial charge is 0.359 e. The van der Waals surface area contributed by atoms with Gasteiger partial charge in [-0.15, -0.1) is 0 Å². The van der Waals surface area contributed by atoms with Gasteiger partial charge in [0.2, 0.25) is 0 Å². The van der Waals surface area contributed by atoms with E-state index in [0.29, 0.717) is 5.25 Å². The van der Waals surface area contributed by atoms with E-state index in [-0.39, 0.29) is 0 Å². The van der Waals surface area contributed by atoms with Crippen LogP contribution in [-0.4, -0.2) is 21.9 Å². The maximum absolute atomic E-state index is 4.65. The lowest BCUT2D eigenvalue weighted by molar-refractivity contribution is 0.479. The number of thioether (sulfide) groups is 1. The van der Waals surface area contributed by atoms with E-state index in [1.807, 2.05) is 24.0 Å². The van der Waals surface area contributed by atoms with Crippen LogP contribution in [0.15, 0.2) is 23.3 Å². The molecule has 1 unspecified atom stereocenters. The summed E-state index contributed by atoms with van der Waals surface area (Å²) in [7, 11) is 0. The molecule has 0 radical (unpaired) electrons. The van der Waals surface area contributed by atoms with Crippen molar-refractivity contribution in [2.75, 3.05) is 6.54 Å². The van der Waals surface area contributed by atoms with Crippen LogP contribution >= 0.6 is 11.8 Å². The van der Waals surface area contributed by atoms with Gasteiger partial charge in [0.1, 0.15) is 0 Å². The fourth-order valence-corrected chi connectivity index (χ4v) is 3.98.